The van der Waals surface area contributed by atoms with Crippen LogP contribution in [0.15, 0.2) is 60.0 Å². The summed E-state index contributed by atoms with van der Waals surface area (Å²) in [5.74, 6) is 0.846. The van der Waals surface area contributed by atoms with Gasteiger partial charge in [0.25, 0.3) is 0 Å². The molecule has 0 bridgehead atoms. The number of aryl methyl sites for hydroxylation is 1. The number of nitrogens with one attached hydrogen (secondary N) is 1. The summed E-state index contributed by atoms with van der Waals surface area (Å²) in [5.41, 5.74) is 11.1. The molecule has 6 heteroatoms. The molecule has 2 aromatic carbocycles. The summed E-state index contributed by atoms with van der Waals surface area (Å²) >= 11 is 0. The second-order valence-electron chi connectivity index (χ2n) is 6.57. The second kappa shape index (κ2) is 7.12. The molecule has 1 aliphatic heterocycles. The number of benzene rings is 2. The number of hydrogen-bond acceptors (Lipinski definition) is 5. The van der Waals surface area contributed by atoms with E-state index in [9.17, 15) is 5.26 Å². The number of aromatic amines is 1. The monoisotopic (exact) mass is 372 g/mol. The highest BCUT2D eigenvalue weighted by Crippen LogP contribution is 2.45. The molecule has 1 aromatic heterocycles. The first-order chi connectivity index (χ1) is 13.7. The third-order valence-corrected chi connectivity index (χ3v) is 5.02. The SMILES string of the molecule is CCc1ccc(C2C(C#N)=C(N)Oc3n[nH]c(-c4cccc(OC)c4)c32)cc1. The molecule has 1 unspecified atom stereocenters. The van der Waals surface area contributed by atoms with Gasteiger partial charge in [-0.1, -0.05) is 43.3 Å². The molecule has 0 radical (unpaired) electrons. The lowest BCUT2D eigenvalue weighted by molar-refractivity contribution is 0.379. The fourth-order valence-corrected chi connectivity index (χ4v) is 3.52. The van der Waals surface area contributed by atoms with Crippen LogP contribution < -0.4 is 15.2 Å². The highest BCUT2D eigenvalue weighted by Gasteiger charge is 2.35. The summed E-state index contributed by atoms with van der Waals surface area (Å²) in [4.78, 5) is 0. The lowest BCUT2D eigenvalue weighted by atomic mass is 9.82. The van der Waals surface area contributed by atoms with Crippen LogP contribution in [-0.2, 0) is 6.42 Å². The Morgan fingerprint density at radius 3 is 2.71 bits per heavy atom. The maximum Gasteiger partial charge on any atom is 0.244 e. The molecule has 0 saturated carbocycles. The molecule has 2 heterocycles. The number of aromatic nitrogens is 2. The van der Waals surface area contributed by atoms with E-state index >= 15 is 0 Å². The Hall–Kier alpha value is -3.72. The van der Waals surface area contributed by atoms with Crippen LogP contribution in [0.4, 0.5) is 0 Å². The number of nitrogens with two attached hydrogens (primary N) is 1. The van der Waals surface area contributed by atoms with Crippen molar-refractivity contribution in [3.8, 4) is 29.0 Å². The Morgan fingerprint density at radius 2 is 2.04 bits per heavy atom. The molecule has 1 atom stereocenters. The Labute approximate surface area is 163 Å². The number of fused-ring (bicyclic) bond motifs is 1. The molecule has 0 aliphatic carbocycles. The van der Waals surface area contributed by atoms with Crippen LogP contribution in [0.3, 0.4) is 0 Å². The summed E-state index contributed by atoms with van der Waals surface area (Å²) in [6, 6.07) is 18.1. The van der Waals surface area contributed by atoms with Crippen LogP contribution in [0.25, 0.3) is 11.3 Å². The van der Waals surface area contributed by atoms with Gasteiger partial charge in [-0.2, -0.15) is 5.26 Å². The van der Waals surface area contributed by atoms with Crippen LogP contribution in [-0.4, -0.2) is 17.3 Å². The first-order valence-electron chi connectivity index (χ1n) is 9.05. The first-order valence-corrected chi connectivity index (χ1v) is 9.05. The molecule has 6 nitrogen and oxygen atoms in total. The van der Waals surface area contributed by atoms with Crippen molar-refractivity contribution in [3.05, 3.63) is 76.7 Å². The number of allylic oxidation sites excluding steroid dienone is 1. The van der Waals surface area contributed by atoms with Gasteiger partial charge < -0.3 is 15.2 Å². The fourth-order valence-electron chi connectivity index (χ4n) is 3.52. The van der Waals surface area contributed by atoms with Crippen molar-refractivity contribution in [2.45, 2.75) is 19.3 Å². The van der Waals surface area contributed by atoms with Gasteiger partial charge in [0.05, 0.1) is 24.3 Å². The van der Waals surface area contributed by atoms with Crippen molar-refractivity contribution in [1.82, 2.24) is 10.2 Å². The number of methoxy groups -OCH3 is 1. The van der Waals surface area contributed by atoms with E-state index in [1.807, 2.05) is 36.4 Å². The summed E-state index contributed by atoms with van der Waals surface area (Å²) in [6.45, 7) is 2.11. The molecule has 0 amide bonds. The lowest BCUT2D eigenvalue weighted by Gasteiger charge is -2.24. The van der Waals surface area contributed by atoms with Gasteiger partial charge in [-0.15, -0.1) is 5.10 Å². The molecule has 4 rings (SSSR count). The highest BCUT2D eigenvalue weighted by molar-refractivity contribution is 5.71. The van der Waals surface area contributed by atoms with Crippen LogP contribution in [0.1, 0.15) is 29.5 Å². The van der Waals surface area contributed by atoms with Gasteiger partial charge in [0.2, 0.25) is 11.8 Å². The topological polar surface area (TPSA) is 97.0 Å². The van der Waals surface area contributed by atoms with Crippen LogP contribution >= 0.6 is 0 Å². The minimum atomic E-state index is -0.361. The smallest absolute Gasteiger partial charge is 0.244 e. The largest absolute Gasteiger partial charge is 0.497 e. The number of H-pyrrole nitrogens is 1. The number of nitriles is 1. The zero-order chi connectivity index (χ0) is 19.7. The van der Waals surface area contributed by atoms with E-state index in [1.165, 1.54) is 5.56 Å². The third kappa shape index (κ3) is 2.87. The fraction of sp³-hybridized carbons (Fsp3) is 0.182. The van der Waals surface area contributed by atoms with Gasteiger partial charge >= 0.3 is 0 Å². The van der Waals surface area contributed by atoms with E-state index in [4.69, 9.17) is 15.2 Å². The molecule has 140 valence electrons. The van der Waals surface area contributed by atoms with E-state index in [-0.39, 0.29) is 11.8 Å². The zero-order valence-corrected chi connectivity index (χ0v) is 15.7. The standard InChI is InChI=1S/C22H20N4O2/c1-3-13-7-9-14(10-8-13)18-17(12-23)21(24)28-22-19(18)20(25-26-22)15-5-4-6-16(11-15)27-2/h4-11,18H,3,24H2,1-2H3,(H,25,26). The van der Waals surface area contributed by atoms with Crippen molar-refractivity contribution in [2.24, 2.45) is 5.73 Å². The molecular weight excluding hydrogens is 352 g/mol. The maximum atomic E-state index is 9.78. The van der Waals surface area contributed by atoms with Crippen LogP contribution in [0.5, 0.6) is 11.6 Å². The van der Waals surface area contributed by atoms with Gasteiger partial charge in [-0.25, -0.2) is 0 Å². The third-order valence-electron chi connectivity index (χ3n) is 5.02. The normalized spacial score (nSPS) is 15.5. The van der Waals surface area contributed by atoms with Crippen LogP contribution in [0.2, 0.25) is 0 Å². The maximum absolute atomic E-state index is 9.78. The van der Waals surface area contributed by atoms with Crippen molar-refractivity contribution in [1.29, 1.82) is 5.26 Å². The Morgan fingerprint density at radius 1 is 1.25 bits per heavy atom. The molecule has 0 spiro atoms. The summed E-state index contributed by atoms with van der Waals surface area (Å²) in [5, 5.41) is 17.1. The van der Waals surface area contributed by atoms with Gasteiger partial charge in [0.1, 0.15) is 17.4 Å². The molecule has 0 fully saturated rings. The minimum absolute atomic E-state index is 0.0864. The average molecular weight is 372 g/mol. The van der Waals surface area contributed by atoms with Gasteiger partial charge in [0.15, 0.2) is 0 Å². The predicted molar refractivity (Wildman–Crippen MR) is 106 cm³/mol. The van der Waals surface area contributed by atoms with Crippen molar-refractivity contribution in [2.75, 3.05) is 7.11 Å². The predicted octanol–water partition coefficient (Wildman–Crippen LogP) is 3.87. The number of ether oxygens (including phenoxy) is 2. The zero-order valence-electron chi connectivity index (χ0n) is 15.7. The number of hydrogen-bond donors (Lipinski definition) is 2. The van der Waals surface area contributed by atoms with Crippen molar-refractivity contribution < 1.29 is 9.47 Å². The second-order valence-corrected chi connectivity index (χ2v) is 6.57. The highest BCUT2D eigenvalue weighted by atomic mass is 16.5. The van der Waals surface area contributed by atoms with E-state index in [0.717, 1.165) is 34.6 Å². The van der Waals surface area contributed by atoms with Gasteiger partial charge in [0, 0.05) is 5.56 Å². The Kier molecular flexibility index (Phi) is 4.50. The average Bonchev–Trinajstić information content (AvgIpc) is 3.16. The van der Waals surface area contributed by atoms with Crippen molar-refractivity contribution in [3.63, 3.8) is 0 Å². The summed E-state index contributed by atoms with van der Waals surface area (Å²) < 4.78 is 11.0. The minimum Gasteiger partial charge on any atom is -0.497 e. The Bertz CT molecular complexity index is 1090. The molecule has 0 saturated heterocycles. The molecule has 3 aromatic rings. The number of nitrogens with zero attached hydrogens (tertiary/aromatic N) is 2. The van der Waals surface area contributed by atoms with Gasteiger partial charge in [-0.3, -0.25) is 5.10 Å². The van der Waals surface area contributed by atoms with Crippen molar-refractivity contribution >= 4 is 0 Å². The van der Waals surface area contributed by atoms with Crippen LogP contribution in [0, 0.1) is 11.3 Å². The number of rotatable bonds is 4. The molecule has 3 N–H and O–H groups in total. The Balaban J connectivity index is 1.91. The van der Waals surface area contributed by atoms with E-state index < -0.39 is 0 Å². The molecule has 28 heavy (non-hydrogen) atoms. The van der Waals surface area contributed by atoms with Gasteiger partial charge in [-0.05, 0) is 29.7 Å². The van der Waals surface area contributed by atoms with E-state index in [1.54, 1.807) is 7.11 Å². The summed E-state index contributed by atoms with van der Waals surface area (Å²) in [7, 11) is 1.62. The summed E-state index contributed by atoms with van der Waals surface area (Å²) in [6.07, 6.45) is 0.948. The van der Waals surface area contributed by atoms with E-state index in [2.05, 4.69) is 35.3 Å². The van der Waals surface area contributed by atoms with E-state index in [0.29, 0.717) is 11.5 Å². The lowest BCUT2D eigenvalue weighted by Crippen LogP contribution is -2.21. The quantitative estimate of drug-likeness (QED) is 0.725. The molecular formula is C22H20N4O2. The first kappa shape index (κ1) is 17.7. The molecule has 1 aliphatic rings.